The van der Waals surface area contributed by atoms with Gasteiger partial charge in [-0.3, -0.25) is 4.79 Å². The van der Waals surface area contributed by atoms with Gasteiger partial charge in [0.15, 0.2) is 6.10 Å². The first-order valence-electron chi connectivity index (χ1n) is 8.06. The third-order valence-corrected chi connectivity index (χ3v) is 4.57. The van der Waals surface area contributed by atoms with Crippen LogP contribution in [0.25, 0.3) is 0 Å². The number of ether oxygens (including phenoxy) is 1. The second-order valence-electron chi connectivity index (χ2n) is 6.00. The van der Waals surface area contributed by atoms with E-state index in [1.807, 2.05) is 11.9 Å². The summed E-state index contributed by atoms with van der Waals surface area (Å²) >= 11 is 5.94. The Kier molecular flexibility index (Phi) is 6.66. The van der Waals surface area contributed by atoms with E-state index in [2.05, 4.69) is 5.32 Å². The Balaban J connectivity index is 1.85. The number of carbonyl (C=O) groups is 1. The lowest BCUT2D eigenvalue weighted by Gasteiger charge is -2.33. The predicted molar refractivity (Wildman–Crippen MR) is 89.3 cm³/mol. The number of nitrogens with one attached hydrogen (secondary N) is 1. The third kappa shape index (κ3) is 5.08. The molecule has 0 saturated carbocycles. The number of hydrogen-bond donors (Lipinski definition) is 1. The number of likely N-dealkylation sites (tertiary alicyclic amines) is 1. The Bertz CT molecular complexity index is 533. The standard InChI is InChI=1S/C17H24ClFN2O2/c1-12(23-16-4-3-14(19)11-15(16)18)17(22)21-9-6-13(7-10-21)5-8-20-2/h3-4,11-13,20H,5-10H2,1-2H3. The first-order chi connectivity index (χ1) is 11.0. The SMILES string of the molecule is CNCCC1CCN(C(=O)C(C)Oc2ccc(F)cc2Cl)CC1. The van der Waals surface area contributed by atoms with Crippen molar-refractivity contribution in [2.75, 3.05) is 26.7 Å². The highest BCUT2D eigenvalue weighted by atomic mass is 35.5. The van der Waals surface area contributed by atoms with Crippen molar-refractivity contribution >= 4 is 17.5 Å². The number of benzene rings is 1. The molecule has 0 aliphatic carbocycles. The van der Waals surface area contributed by atoms with Crippen LogP contribution in [0.15, 0.2) is 18.2 Å². The second kappa shape index (κ2) is 8.50. The smallest absolute Gasteiger partial charge is 0.263 e. The summed E-state index contributed by atoms with van der Waals surface area (Å²) < 4.78 is 18.6. The molecule has 1 aromatic rings. The van der Waals surface area contributed by atoms with Gasteiger partial charge in [-0.15, -0.1) is 0 Å². The van der Waals surface area contributed by atoms with Gasteiger partial charge in [-0.2, -0.15) is 0 Å². The number of amides is 1. The average molecular weight is 343 g/mol. The molecule has 128 valence electrons. The van der Waals surface area contributed by atoms with E-state index >= 15 is 0 Å². The van der Waals surface area contributed by atoms with Crippen LogP contribution in [0.3, 0.4) is 0 Å². The highest BCUT2D eigenvalue weighted by molar-refractivity contribution is 6.32. The monoisotopic (exact) mass is 342 g/mol. The van der Waals surface area contributed by atoms with Crippen molar-refractivity contribution in [1.29, 1.82) is 0 Å². The van der Waals surface area contributed by atoms with Crippen molar-refractivity contribution in [1.82, 2.24) is 10.2 Å². The highest BCUT2D eigenvalue weighted by Crippen LogP contribution is 2.27. The van der Waals surface area contributed by atoms with Crippen LogP contribution in [0.4, 0.5) is 4.39 Å². The Morgan fingerprint density at radius 3 is 2.78 bits per heavy atom. The van der Waals surface area contributed by atoms with Crippen molar-refractivity contribution in [3.63, 3.8) is 0 Å². The summed E-state index contributed by atoms with van der Waals surface area (Å²) in [6.07, 6.45) is 2.57. The average Bonchev–Trinajstić information content (AvgIpc) is 2.55. The van der Waals surface area contributed by atoms with Gasteiger partial charge in [0.05, 0.1) is 5.02 Å². The molecule has 1 saturated heterocycles. The molecule has 1 N–H and O–H groups in total. The zero-order valence-electron chi connectivity index (χ0n) is 13.6. The lowest BCUT2D eigenvalue weighted by atomic mass is 9.93. The quantitative estimate of drug-likeness (QED) is 0.863. The van der Waals surface area contributed by atoms with Crippen molar-refractivity contribution < 1.29 is 13.9 Å². The Morgan fingerprint density at radius 1 is 1.48 bits per heavy atom. The molecule has 0 aromatic heterocycles. The van der Waals surface area contributed by atoms with Crippen molar-refractivity contribution in [2.45, 2.75) is 32.3 Å². The molecule has 0 radical (unpaired) electrons. The van der Waals surface area contributed by atoms with Crippen LogP contribution in [0, 0.1) is 11.7 Å². The van der Waals surface area contributed by atoms with Gasteiger partial charge in [-0.25, -0.2) is 4.39 Å². The third-order valence-electron chi connectivity index (χ3n) is 4.27. The fourth-order valence-electron chi connectivity index (χ4n) is 2.86. The maximum atomic E-state index is 13.0. The molecule has 23 heavy (non-hydrogen) atoms. The van der Waals surface area contributed by atoms with Gasteiger partial charge in [0, 0.05) is 13.1 Å². The van der Waals surface area contributed by atoms with Gasteiger partial charge >= 0.3 is 0 Å². The molecule has 0 bridgehead atoms. The number of rotatable bonds is 6. The molecule has 1 unspecified atom stereocenters. The Morgan fingerprint density at radius 2 is 2.17 bits per heavy atom. The van der Waals surface area contributed by atoms with E-state index in [-0.39, 0.29) is 10.9 Å². The fourth-order valence-corrected chi connectivity index (χ4v) is 3.07. The molecule has 0 spiro atoms. The van der Waals surface area contributed by atoms with E-state index in [9.17, 15) is 9.18 Å². The minimum absolute atomic E-state index is 0.0440. The first-order valence-corrected chi connectivity index (χ1v) is 8.44. The largest absolute Gasteiger partial charge is 0.479 e. The minimum atomic E-state index is -0.633. The van der Waals surface area contributed by atoms with Crippen LogP contribution in [0.2, 0.25) is 5.02 Å². The van der Waals surface area contributed by atoms with Gasteiger partial charge in [-0.05, 0) is 63.9 Å². The van der Waals surface area contributed by atoms with Gasteiger partial charge < -0.3 is 15.0 Å². The normalized spacial score (nSPS) is 17.1. The molecular weight excluding hydrogens is 319 g/mol. The van der Waals surface area contributed by atoms with Gasteiger partial charge in [0.2, 0.25) is 0 Å². The molecule has 1 fully saturated rings. The summed E-state index contributed by atoms with van der Waals surface area (Å²) in [6, 6.07) is 3.90. The molecule has 2 rings (SSSR count). The number of hydrogen-bond acceptors (Lipinski definition) is 3. The van der Waals surface area contributed by atoms with Crippen molar-refractivity contribution in [3.05, 3.63) is 29.0 Å². The first kappa shape index (κ1) is 18.0. The summed E-state index contributed by atoms with van der Waals surface area (Å²) in [5.41, 5.74) is 0. The summed E-state index contributed by atoms with van der Waals surface area (Å²) in [4.78, 5) is 14.3. The van der Waals surface area contributed by atoms with Crippen LogP contribution in [-0.2, 0) is 4.79 Å². The van der Waals surface area contributed by atoms with Crippen molar-refractivity contribution in [2.24, 2.45) is 5.92 Å². The Hall–Kier alpha value is -1.33. The molecule has 4 nitrogen and oxygen atoms in total. The minimum Gasteiger partial charge on any atom is -0.479 e. The summed E-state index contributed by atoms with van der Waals surface area (Å²) in [7, 11) is 1.96. The van der Waals surface area contributed by atoms with Crippen molar-refractivity contribution in [3.8, 4) is 5.75 Å². The zero-order chi connectivity index (χ0) is 16.8. The summed E-state index contributed by atoms with van der Waals surface area (Å²) in [6.45, 7) is 4.24. The van der Waals surface area contributed by atoms with Crippen LogP contribution >= 0.6 is 11.6 Å². The van der Waals surface area contributed by atoms with E-state index in [1.54, 1.807) is 6.92 Å². The van der Waals surface area contributed by atoms with E-state index in [0.29, 0.717) is 11.7 Å². The van der Waals surface area contributed by atoms with Gasteiger partial charge in [0.1, 0.15) is 11.6 Å². The van der Waals surface area contributed by atoms with E-state index < -0.39 is 11.9 Å². The number of piperidine rings is 1. The summed E-state index contributed by atoms with van der Waals surface area (Å²) in [5, 5.41) is 3.34. The number of nitrogens with zero attached hydrogens (tertiary/aromatic N) is 1. The Labute approximate surface area is 141 Å². The van der Waals surface area contributed by atoms with Gasteiger partial charge in [0.25, 0.3) is 5.91 Å². The maximum Gasteiger partial charge on any atom is 0.263 e. The van der Waals surface area contributed by atoms with E-state index in [0.717, 1.165) is 38.9 Å². The highest BCUT2D eigenvalue weighted by Gasteiger charge is 2.27. The molecular formula is C17H24ClFN2O2. The lowest BCUT2D eigenvalue weighted by Crippen LogP contribution is -2.45. The van der Waals surface area contributed by atoms with Crippen LogP contribution in [0.1, 0.15) is 26.2 Å². The molecule has 1 heterocycles. The lowest BCUT2D eigenvalue weighted by molar-refractivity contribution is -0.139. The summed E-state index contributed by atoms with van der Waals surface area (Å²) in [5.74, 6) is 0.537. The second-order valence-corrected chi connectivity index (χ2v) is 6.40. The van der Waals surface area contributed by atoms with Gasteiger partial charge in [-0.1, -0.05) is 11.6 Å². The topological polar surface area (TPSA) is 41.6 Å². The fraction of sp³-hybridized carbons (Fsp3) is 0.588. The number of halogens is 2. The van der Waals surface area contributed by atoms with Crippen LogP contribution < -0.4 is 10.1 Å². The van der Waals surface area contributed by atoms with E-state index in [1.165, 1.54) is 18.2 Å². The van der Waals surface area contributed by atoms with Crippen LogP contribution in [-0.4, -0.2) is 43.6 Å². The zero-order valence-corrected chi connectivity index (χ0v) is 14.4. The number of carbonyl (C=O) groups excluding carboxylic acids is 1. The maximum absolute atomic E-state index is 13.0. The molecule has 6 heteroatoms. The molecule has 1 atom stereocenters. The molecule has 1 aromatic carbocycles. The molecule has 1 aliphatic heterocycles. The predicted octanol–water partition coefficient (Wildman–Crippen LogP) is 3.09. The molecule has 1 aliphatic rings. The van der Waals surface area contributed by atoms with E-state index in [4.69, 9.17) is 16.3 Å². The molecule has 1 amide bonds. The van der Waals surface area contributed by atoms with Crippen LogP contribution in [0.5, 0.6) is 5.75 Å².